The summed E-state index contributed by atoms with van der Waals surface area (Å²) in [5, 5.41) is 2.87. The molecule has 0 aliphatic carbocycles. The van der Waals surface area contributed by atoms with Gasteiger partial charge in [0.2, 0.25) is 5.91 Å². The summed E-state index contributed by atoms with van der Waals surface area (Å²) in [6.45, 7) is 4.91. The Balaban J connectivity index is 3.47. The van der Waals surface area contributed by atoms with E-state index in [1.54, 1.807) is 0 Å². The van der Waals surface area contributed by atoms with Crippen molar-refractivity contribution in [2.45, 2.75) is 39.2 Å². The lowest BCUT2D eigenvalue weighted by molar-refractivity contribution is -0.122. The van der Waals surface area contributed by atoms with Gasteiger partial charge >= 0.3 is 0 Å². The van der Waals surface area contributed by atoms with Crippen molar-refractivity contribution in [3.8, 4) is 0 Å². The maximum atomic E-state index is 11.5. The van der Waals surface area contributed by atoms with Crippen LogP contribution in [0.15, 0.2) is 0 Å². The quantitative estimate of drug-likeness (QED) is 0.625. The molecule has 0 bridgehead atoms. The van der Waals surface area contributed by atoms with Crippen molar-refractivity contribution >= 4 is 17.7 Å². The molecule has 0 aromatic carbocycles. The lowest BCUT2D eigenvalue weighted by Crippen LogP contribution is -2.41. The van der Waals surface area contributed by atoms with Crippen LogP contribution in [0, 0.1) is 5.92 Å². The average molecular weight is 232 g/mol. The second kappa shape index (κ2) is 9.04. The van der Waals surface area contributed by atoms with Gasteiger partial charge in [-0.2, -0.15) is 11.8 Å². The number of carbonyl (C=O) groups is 1. The summed E-state index contributed by atoms with van der Waals surface area (Å²) in [5.74, 6) is 1.63. The number of amides is 1. The van der Waals surface area contributed by atoms with Gasteiger partial charge in [0.25, 0.3) is 0 Å². The van der Waals surface area contributed by atoms with Crippen molar-refractivity contribution in [3.63, 3.8) is 0 Å². The predicted molar refractivity (Wildman–Crippen MR) is 68.1 cm³/mol. The molecule has 15 heavy (non-hydrogen) atoms. The smallest absolute Gasteiger partial charge is 0.236 e. The Morgan fingerprint density at radius 3 is 2.60 bits per heavy atom. The highest BCUT2D eigenvalue weighted by Gasteiger charge is 2.13. The number of rotatable bonds is 8. The molecule has 0 radical (unpaired) electrons. The summed E-state index contributed by atoms with van der Waals surface area (Å²) in [7, 11) is 0. The summed E-state index contributed by atoms with van der Waals surface area (Å²) in [6.07, 6.45) is 5.05. The van der Waals surface area contributed by atoms with Crippen molar-refractivity contribution in [1.82, 2.24) is 5.32 Å². The van der Waals surface area contributed by atoms with E-state index in [-0.39, 0.29) is 11.9 Å². The zero-order valence-corrected chi connectivity index (χ0v) is 10.9. The van der Waals surface area contributed by atoms with E-state index in [2.05, 4.69) is 25.4 Å². The van der Waals surface area contributed by atoms with Gasteiger partial charge in [-0.3, -0.25) is 4.79 Å². The molecule has 0 aromatic rings. The van der Waals surface area contributed by atoms with Crippen LogP contribution in [0.1, 0.15) is 33.1 Å². The highest BCUT2D eigenvalue weighted by atomic mass is 32.2. The SMILES string of the molecule is CSCCCCNC(=O)[C@H](N)CC(C)C. The molecule has 0 heterocycles. The van der Waals surface area contributed by atoms with E-state index in [0.717, 1.165) is 31.6 Å². The van der Waals surface area contributed by atoms with Gasteiger partial charge in [0.1, 0.15) is 0 Å². The van der Waals surface area contributed by atoms with E-state index in [1.165, 1.54) is 0 Å². The van der Waals surface area contributed by atoms with Crippen LogP contribution >= 0.6 is 11.8 Å². The summed E-state index contributed by atoms with van der Waals surface area (Å²) in [5.41, 5.74) is 5.74. The van der Waals surface area contributed by atoms with Gasteiger partial charge in [-0.25, -0.2) is 0 Å². The molecule has 0 aliphatic rings. The van der Waals surface area contributed by atoms with Crippen LogP contribution in [-0.4, -0.2) is 30.5 Å². The van der Waals surface area contributed by atoms with Gasteiger partial charge in [-0.1, -0.05) is 13.8 Å². The lowest BCUT2D eigenvalue weighted by Gasteiger charge is -2.13. The first-order chi connectivity index (χ1) is 7.07. The second-order valence-corrected chi connectivity index (χ2v) is 5.21. The summed E-state index contributed by atoms with van der Waals surface area (Å²) >= 11 is 1.84. The fourth-order valence-electron chi connectivity index (χ4n) is 1.33. The van der Waals surface area contributed by atoms with E-state index >= 15 is 0 Å². The highest BCUT2D eigenvalue weighted by Crippen LogP contribution is 2.02. The topological polar surface area (TPSA) is 55.1 Å². The number of unbranched alkanes of at least 4 members (excludes halogenated alkanes) is 1. The normalized spacial score (nSPS) is 12.9. The van der Waals surface area contributed by atoms with E-state index < -0.39 is 0 Å². The Labute approximate surface area is 97.6 Å². The van der Waals surface area contributed by atoms with Gasteiger partial charge in [0, 0.05) is 6.54 Å². The van der Waals surface area contributed by atoms with E-state index in [9.17, 15) is 4.79 Å². The molecule has 1 atom stereocenters. The van der Waals surface area contributed by atoms with Crippen LogP contribution in [0.2, 0.25) is 0 Å². The molecule has 0 unspecified atom stereocenters. The van der Waals surface area contributed by atoms with Crippen molar-refractivity contribution in [3.05, 3.63) is 0 Å². The largest absolute Gasteiger partial charge is 0.355 e. The number of thioether (sulfide) groups is 1. The van der Waals surface area contributed by atoms with Gasteiger partial charge in [-0.05, 0) is 37.2 Å². The Hall–Kier alpha value is -0.220. The Morgan fingerprint density at radius 1 is 1.40 bits per heavy atom. The molecule has 3 nitrogen and oxygen atoms in total. The zero-order valence-electron chi connectivity index (χ0n) is 10.1. The van der Waals surface area contributed by atoms with Crippen LogP contribution in [0.5, 0.6) is 0 Å². The molecular weight excluding hydrogens is 208 g/mol. The summed E-state index contributed by atoms with van der Waals surface area (Å²) < 4.78 is 0. The first kappa shape index (κ1) is 14.8. The Kier molecular flexibility index (Phi) is 8.91. The predicted octanol–water partition coefficient (Wildman–Crippen LogP) is 1.62. The van der Waals surface area contributed by atoms with E-state index in [4.69, 9.17) is 5.73 Å². The van der Waals surface area contributed by atoms with Crippen LogP contribution in [-0.2, 0) is 4.79 Å². The first-order valence-corrected chi connectivity index (χ1v) is 6.99. The number of carbonyl (C=O) groups excluding carboxylic acids is 1. The summed E-state index contributed by atoms with van der Waals surface area (Å²) in [6, 6.07) is -0.342. The molecule has 90 valence electrons. The number of hydrogen-bond acceptors (Lipinski definition) is 3. The molecule has 3 N–H and O–H groups in total. The number of nitrogens with one attached hydrogen (secondary N) is 1. The van der Waals surface area contributed by atoms with Gasteiger partial charge in [-0.15, -0.1) is 0 Å². The third-order valence-corrected chi connectivity index (χ3v) is 2.83. The van der Waals surface area contributed by atoms with Crippen molar-refractivity contribution in [1.29, 1.82) is 0 Å². The molecular formula is C11H24N2OS. The van der Waals surface area contributed by atoms with Crippen LogP contribution in [0.4, 0.5) is 0 Å². The first-order valence-electron chi connectivity index (χ1n) is 5.60. The molecule has 0 aromatic heterocycles. The minimum Gasteiger partial charge on any atom is -0.355 e. The second-order valence-electron chi connectivity index (χ2n) is 4.23. The molecule has 0 rings (SSSR count). The maximum absolute atomic E-state index is 11.5. The average Bonchev–Trinajstić information content (AvgIpc) is 2.16. The maximum Gasteiger partial charge on any atom is 0.236 e. The molecule has 0 saturated carbocycles. The molecule has 0 aliphatic heterocycles. The standard InChI is InChI=1S/C11H24N2OS/c1-9(2)8-10(12)11(14)13-6-4-5-7-15-3/h9-10H,4-8,12H2,1-3H3,(H,13,14)/t10-/m1/s1. The minimum absolute atomic E-state index is 0.00662. The van der Waals surface area contributed by atoms with Crippen molar-refractivity contribution in [2.24, 2.45) is 11.7 Å². The summed E-state index contributed by atoms with van der Waals surface area (Å²) in [4.78, 5) is 11.5. The lowest BCUT2D eigenvalue weighted by atomic mass is 10.0. The van der Waals surface area contributed by atoms with Gasteiger partial charge in [0.05, 0.1) is 6.04 Å². The Morgan fingerprint density at radius 2 is 2.07 bits per heavy atom. The molecule has 0 saturated heterocycles. The number of hydrogen-bond donors (Lipinski definition) is 2. The van der Waals surface area contributed by atoms with Crippen LogP contribution in [0.3, 0.4) is 0 Å². The molecule has 4 heteroatoms. The zero-order chi connectivity index (χ0) is 11.7. The number of nitrogens with two attached hydrogens (primary N) is 1. The Bertz CT molecular complexity index is 174. The highest BCUT2D eigenvalue weighted by molar-refractivity contribution is 7.98. The fourth-order valence-corrected chi connectivity index (χ4v) is 1.82. The van der Waals surface area contributed by atoms with Crippen LogP contribution in [0.25, 0.3) is 0 Å². The third-order valence-electron chi connectivity index (χ3n) is 2.14. The van der Waals surface area contributed by atoms with Gasteiger partial charge < -0.3 is 11.1 Å². The fraction of sp³-hybridized carbons (Fsp3) is 0.909. The molecule has 0 fully saturated rings. The molecule has 1 amide bonds. The molecule has 0 spiro atoms. The minimum atomic E-state index is -0.342. The monoisotopic (exact) mass is 232 g/mol. The third kappa shape index (κ3) is 8.75. The van der Waals surface area contributed by atoms with Crippen LogP contribution < -0.4 is 11.1 Å². The van der Waals surface area contributed by atoms with E-state index in [0.29, 0.717) is 5.92 Å². The van der Waals surface area contributed by atoms with Gasteiger partial charge in [0.15, 0.2) is 0 Å². The van der Waals surface area contributed by atoms with Crippen molar-refractivity contribution < 1.29 is 4.79 Å². The van der Waals surface area contributed by atoms with Crippen molar-refractivity contribution in [2.75, 3.05) is 18.6 Å². The van der Waals surface area contributed by atoms with E-state index in [1.807, 2.05) is 11.8 Å².